The van der Waals surface area contributed by atoms with E-state index < -0.39 is 23.0 Å². The first kappa shape index (κ1) is 31.4. The van der Waals surface area contributed by atoms with Crippen LogP contribution < -0.4 is 10.6 Å². The van der Waals surface area contributed by atoms with Gasteiger partial charge in [-0.25, -0.2) is 9.59 Å². The summed E-state index contributed by atoms with van der Waals surface area (Å²) in [5.41, 5.74) is 3.29. The molecule has 1 heterocycles. The minimum Gasteiger partial charge on any atom is -0.445 e. The molecule has 1 aliphatic rings. The molecule has 0 unspecified atom stereocenters. The number of carbonyl (C=O) groups excluding carboxylic acids is 3. The number of likely N-dealkylation sites (tertiary alicyclic amines) is 1. The molecule has 1 saturated heterocycles. The van der Waals surface area contributed by atoms with Crippen molar-refractivity contribution >= 4 is 29.9 Å². The Morgan fingerprint density at radius 1 is 0.791 bits per heavy atom. The molecule has 3 aromatic rings. The van der Waals surface area contributed by atoms with Gasteiger partial charge in [-0.2, -0.15) is 0 Å². The number of nitrogens with one attached hydrogen (secondary N) is 2. The summed E-state index contributed by atoms with van der Waals surface area (Å²) in [4.78, 5) is 39.8. The average molecular weight is 600 g/mol. The van der Waals surface area contributed by atoms with Crippen LogP contribution in [-0.4, -0.2) is 67.1 Å². The summed E-state index contributed by atoms with van der Waals surface area (Å²) in [5, 5.41) is 5.31. The van der Waals surface area contributed by atoms with Crippen LogP contribution >= 0.6 is 11.8 Å². The maximum atomic E-state index is 13.4. The largest absolute Gasteiger partial charge is 0.445 e. The predicted molar refractivity (Wildman–Crippen MR) is 170 cm³/mol. The van der Waals surface area contributed by atoms with Crippen molar-refractivity contribution in [2.45, 2.75) is 22.5 Å². The zero-order chi connectivity index (χ0) is 30.5. The Bertz CT molecular complexity index is 1270. The van der Waals surface area contributed by atoms with E-state index in [-0.39, 0.29) is 37.5 Å². The minimum atomic E-state index is -0.748. The lowest BCUT2D eigenvalue weighted by Crippen LogP contribution is -2.47. The van der Waals surface area contributed by atoms with E-state index in [1.165, 1.54) is 17.1 Å². The number of ether oxygens (including phenoxy) is 2. The van der Waals surface area contributed by atoms with Crippen molar-refractivity contribution in [1.82, 2.24) is 15.5 Å². The second-order valence-corrected chi connectivity index (χ2v) is 11.4. The van der Waals surface area contributed by atoms with Crippen LogP contribution in [0, 0.1) is 0 Å². The van der Waals surface area contributed by atoms with Gasteiger partial charge in [-0.05, 0) is 23.1 Å². The van der Waals surface area contributed by atoms with E-state index >= 15 is 0 Å². The third-order valence-corrected chi connectivity index (χ3v) is 8.77. The number of benzene rings is 3. The molecule has 2 atom stereocenters. The number of rotatable bonds is 13. The van der Waals surface area contributed by atoms with Crippen LogP contribution in [0.1, 0.15) is 23.1 Å². The van der Waals surface area contributed by atoms with Gasteiger partial charge in [0.05, 0.1) is 4.75 Å². The van der Waals surface area contributed by atoms with Crippen molar-refractivity contribution in [3.05, 3.63) is 133 Å². The number of carbonyl (C=O) groups is 3. The predicted octanol–water partition coefficient (Wildman–Crippen LogP) is 5.51. The van der Waals surface area contributed by atoms with Crippen molar-refractivity contribution in [2.75, 3.05) is 32.8 Å². The highest BCUT2D eigenvalue weighted by Gasteiger charge is 2.46. The van der Waals surface area contributed by atoms with Crippen molar-refractivity contribution in [3.8, 4) is 0 Å². The number of nitrogens with zero attached hydrogens (tertiary/aromatic N) is 1. The molecule has 2 N–H and O–H groups in total. The molecular formula is C34H37N3O5S. The van der Waals surface area contributed by atoms with Crippen LogP contribution in [0.5, 0.6) is 0 Å². The highest BCUT2D eigenvalue weighted by molar-refractivity contribution is 8.01. The molecule has 9 heteroatoms. The van der Waals surface area contributed by atoms with Crippen LogP contribution in [0.2, 0.25) is 0 Å². The first-order chi connectivity index (χ1) is 21.0. The van der Waals surface area contributed by atoms with Gasteiger partial charge in [0.1, 0.15) is 19.3 Å². The molecule has 0 saturated carbocycles. The van der Waals surface area contributed by atoms with Crippen LogP contribution in [0.15, 0.2) is 116 Å². The van der Waals surface area contributed by atoms with Crippen LogP contribution in [0.3, 0.4) is 0 Å². The Kier molecular flexibility index (Phi) is 11.4. The van der Waals surface area contributed by atoms with Gasteiger partial charge < -0.3 is 20.1 Å². The van der Waals surface area contributed by atoms with E-state index in [0.717, 1.165) is 16.7 Å². The van der Waals surface area contributed by atoms with E-state index in [1.807, 2.05) is 54.6 Å². The monoisotopic (exact) mass is 599 g/mol. The van der Waals surface area contributed by atoms with E-state index in [1.54, 1.807) is 11.8 Å². The molecule has 3 aromatic carbocycles. The third-order valence-electron chi connectivity index (χ3n) is 7.03. The molecule has 1 aliphatic heterocycles. The number of thioether (sulfide) groups is 1. The van der Waals surface area contributed by atoms with Gasteiger partial charge in [0.15, 0.2) is 0 Å². The molecule has 0 radical (unpaired) electrons. The molecular weight excluding hydrogens is 562 g/mol. The molecule has 8 nitrogen and oxygen atoms in total. The zero-order valence-electron chi connectivity index (χ0n) is 24.0. The lowest BCUT2D eigenvalue weighted by atomic mass is 9.84. The molecule has 1 fully saturated rings. The second kappa shape index (κ2) is 15.7. The van der Waals surface area contributed by atoms with Crippen LogP contribution in [0.25, 0.3) is 0 Å². The minimum absolute atomic E-state index is 0.0419. The van der Waals surface area contributed by atoms with Gasteiger partial charge in [0.2, 0.25) is 5.91 Å². The highest BCUT2D eigenvalue weighted by Crippen LogP contribution is 2.52. The zero-order valence-corrected chi connectivity index (χ0v) is 24.8. The summed E-state index contributed by atoms with van der Waals surface area (Å²) in [7, 11) is 0. The first-order valence-electron chi connectivity index (χ1n) is 14.2. The fourth-order valence-electron chi connectivity index (χ4n) is 5.17. The molecule has 0 bridgehead atoms. The van der Waals surface area contributed by atoms with Gasteiger partial charge in [-0.3, -0.25) is 9.69 Å². The smallest absolute Gasteiger partial charge is 0.410 e. The van der Waals surface area contributed by atoms with E-state index in [0.29, 0.717) is 13.0 Å². The van der Waals surface area contributed by atoms with Gasteiger partial charge in [0.25, 0.3) is 0 Å². The highest BCUT2D eigenvalue weighted by atomic mass is 32.2. The molecule has 0 aromatic heterocycles. The van der Waals surface area contributed by atoms with Crippen molar-refractivity contribution in [1.29, 1.82) is 0 Å². The van der Waals surface area contributed by atoms with Crippen LogP contribution in [0.4, 0.5) is 9.59 Å². The second-order valence-electron chi connectivity index (χ2n) is 9.89. The summed E-state index contributed by atoms with van der Waals surface area (Å²) in [5.74, 6) is -0.315. The number of alkyl carbamates (subject to hydrolysis) is 1. The fraction of sp³-hybridized carbons (Fsp3) is 0.265. The third kappa shape index (κ3) is 7.87. The molecule has 4 rings (SSSR count). The summed E-state index contributed by atoms with van der Waals surface area (Å²) >= 11 is 1.73. The van der Waals surface area contributed by atoms with Gasteiger partial charge in [-0.15, -0.1) is 11.8 Å². The van der Waals surface area contributed by atoms with E-state index in [9.17, 15) is 14.4 Å². The van der Waals surface area contributed by atoms with E-state index in [4.69, 9.17) is 9.47 Å². The number of amides is 3. The van der Waals surface area contributed by atoms with Crippen molar-refractivity contribution in [3.63, 3.8) is 0 Å². The lowest BCUT2D eigenvalue weighted by Gasteiger charge is -2.37. The maximum Gasteiger partial charge on any atom is 0.410 e. The lowest BCUT2D eigenvalue weighted by molar-refractivity contribution is -0.125. The topological polar surface area (TPSA) is 97.0 Å². The fourth-order valence-corrected chi connectivity index (χ4v) is 7.00. The standard InChI is InChI=1S/C34H37N3O5S/c1-3-22-41-32(39)36-21-20-35-31(38)30-24-29(25-37(30)33(40)42-23-4-2)43-34(26-14-8-5-9-15-26,27-16-10-6-11-17-27)28-18-12-7-13-19-28/h3-19,29-30H,1-2,20-25H2,(H,35,38)(H,36,39)/t29-,30-/m0/s1. The molecule has 43 heavy (non-hydrogen) atoms. The van der Waals surface area contributed by atoms with Gasteiger partial charge in [0, 0.05) is 24.9 Å². The Morgan fingerprint density at radius 2 is 1.28 bits per heavy atom. The summed E-state index contributed by atoms with van der Waals surface area (Å²) < 4.78 is 9.67. The Labute approximate surface area is 257 Å². The van der Waals surface area contributed by atoms with Gasteiger partial charge >= 0.3 is 12.2 Å². The number of hydrogen-bond donors (Lipinski definition) is 2. The molecule has 224 valence electrons. The summed E-state index contributed by atoms with van der Waals surface area (Å²) in [6.07, 6.45) is 2.22. The Morgan fingerprint density at radius 3 is 1.79 bits per heavy atom. The molecule has 0 aliphatic carbocycles. The van der Waals surface area contributed by atoms with Crippen molar-refractivity contribution < 1.29 is 23.9 Å². The van der Waals surface area contributed by atoms with Crippen LogP contribution in [-0.2, 0) is 19.0 Å². The van der Waals surface area contributed by atoms with E-state index in [2.05, 4.69) is 60.2 Å². The summed E-state index contributed by atoms with van der Waals surface area (Å²) in [6.45, 7) is 7.94. The first-order valence-corrected chi connectivity index (χ1v) is 15.1. The molecule has 0 spiro atoms. The quantitative estimate of drug-likeness (QED) is 0.153. The Hall–Kier alpha value is -4.50. The number of hydrogen-bond acceptors (Lipinski definition) is 6. The van der Waals surface area contributed by atoms with Gasteiger partial charge in [-0.1, -0.05) is 116 Å². The summed E-state index contributed by atoms with van der Waals surface area (Å²) in [6, 6.07) is 30.1. The maximum absolute atomic E-state index is 13.4. The Balaban J connectivity index is 1.61. The van der Waals surface area contributed by atoms with Crippen molar-refractivity contribution in [2.24, 2.45) is 0 Å². The normalized spacial score (nSPS) is 16.1. The SMILES string of the molecule is C=CCOC(=O)NCCNC(=O)[C@@H]1C[C@H](SC(c2ccccc2)(c2ccccc2)c2ccccc2)CN1C(=O)OCC=C. The average Bonchev–Trinajstić information content (AvgIpc) is 3.48. The molecule has 3 amide bonds.